The van der Waals surface area contributed by atoms with E-state index in [0.717, 1.165) is 50.5 Å². The second-order valence-corrected chi connectivity index (χ2v) is 14.6. The van der Waals surface area contributed by atoms with Gasteiger partial charge in [0.15, 0.2) is 11.6 Å². The molecule has 0 spiro atoms. The van der Waals surface area contributed by atoms with Crippen LogP contribution in [0, 0.1) is 0 Å². The number of hydrogen-bond donors (Lipinski definition) is 6. The summed E-state index contributed by atoms with van der Waals surface area (Å²) in [5, 5.41) is 53.2. The van der Waals surface area contributed by atoms with Gasteiger partial charge in [0.1, 0.15) is 23.9 Å². The first-order chi connectivity index (χ1) is 30.1. The first kappa shape index (κ1) is 48.1. The van der Waals surface area contributed by atoms with E-state index >= 15 is 0 Å². The van der Waals surface area contributed by atoms with Gasteiger partial charge in [0.2, 0.25) is 11.9 Å². The van der Waals surface area contributed by atoms with E-state index in [0.29, 0.717) is 48.9 Å². The molecule has 0 unspecified atom stereocenters. The Bertz CT molecular complexity index is 1880. The van der Waals surface area contributed by atoms with Gasteiger partial charge in [0.05, 0.1) is 13.2 Å². The molecule has 2 fully saturated rings. The number of ether oxygens (including phenoxy) is 2. The molecule has 0 atom stereocenters. The van der Waals surface area contributed by atoms with Crippen molar-refractivity contribution in [2.24, 2.45) is 24.4 Å². The molecule has 62 heavy (non-hydrogen) atoms. The Hall–Kier alpha value is -6.54. The van der Waals surface area contributed by atoms with Gasteiger partial charge in [-0.2, -0.15) is 9.97 Å². The van der Waals surface area contributed by atoms with Crippen molar-refractivity contribution >= 4 is 36.3 Å². The Morgan fingerprint density at radius 3 is 1.44 bits per heavy atom. The maximum absolute atomic E-state index is 9.55. The van der Waals surface area contributed by atoms with Gasteiger partial charge in [-0.3, -0.25) is 9.80 Å². The van der Waals surface area contributed by atoms with Crippen molar-refractivity contribution in [3.05, 3.63) is 83.5 Å². The molecule has 2 aromatic carbocycles. The van der Waals surface area contributed by atoms with E-state index in [9.17, 15) is 9.59 Å². The Morgan fingerprint density at radius 2 is 1.06 bits per heavy atom. The molecule has 20 nitrogen and oxygen atoms in total. The number of benzene rings is 2. The lowest BCUT2D eigenvalue weighted by molar-refractivity contribution is -0.134. The zero-order valence-corrected chi connectivity index (χ0v) is 35.6. The number of nitrogens with one attached hydrogen (secondary N) is 2. The highest BCUT2D eigenvalue weighted by atomic mass is 16.5. The van der Waals surface area contributed by atoms with Crippen LogP contribution < -0.4 is 20.1 Å². The molecule has 2 aliphatic rings. The van der Waals surface area contributed by atoms with Gasteiger partial charge in [0.25, 0.3) is 0 Å². The SMILES string of the molecule is Cn1nc(C=NO)nc1NCCCOc1cccc(CN2CCCCC2)c1.Cn1nc(C=NO)nc1NCCCOc1cccc(CN2CCCCC2)c1.O=C(O)/C=C/C(=O)O. The molecule has 0 bridgehead atoms. The molecule has 2 saturated heterocycles. The van der Waals surface area contributed by atoms with Gasteiger partial charge in [-0.05, 0) is 100 Å². The fraction of sp³-hybridized carbons (Fsp3) is 0.476. The summed E-state index contributed by atoms with van der Waals surface area (Å²) in [5.41, 5.74) is 2.62. The molecule has 6 N–H and O–H groups in total. The van der Waals surface area contributed by atoms with Gasteiger partial charge in [0, 0.05) is 52.4 Å². The molecule has 0 aliphatic carbocycles. The molecule has 6 rings (SSSR count). The monoisotopic (exact) mass is 860 g/mol. The van der Waals surface area contributed by atoms with E-state index in [2.05, 4.69) is 87.3 Å². The van der Waals surface area contributed by atoms with E-state index in [1.54, 1.807) is 23.5 Å². The van der Waals surface area contributed by atoms with Gasteiger partial charge in [-0.15, -0.1) is 10.2 Å². The van der Waals surface area contributed by atoms with Gasteiger partial charge in [-0.1, -0.05) is 47.4 Å². The Balaban J connectivity index is 0.000000232. The quantitative estimate of drug-likeness (QED) is 0.0232. The zero-order chi connectivity index (χ0) is 44.4. The van der Waals surface area contributed by atoms with Crippen LogP contribution >= 0.6 is 0 Å². The lowest BCUT2D eigenvalue weighted by Crippen LogP contribution is -2.29. The second-order valence-electron chi connectivity index (χ2n) is 14.6. The van der Waals surface area contributed by atoms with E-state index in [-0.39, 0.29) is 0 Å². The van der Waals surface area contributed by atoms with Crippen molar-refractivity contribution in [1.82, 2.24) is 39.3 Å². The number of anilines is 2. The number of piperidine rings is 2. The zero-order valence-electron chi connectivity index (χ0n) is 35.6. The van der Waals surface area contributed by atoms with Crippen molar-refractivity contribution < 1.29 is 39.7 Å². The smallest absolute Gasteiger partial charge is 0.328 e. The van der Waals surface area contributed by atoms with Gasteiger partial charge < -0.3 is 40.7 Å². The lowest BCUT2D eigenvalue weighted by Gasteiger charge is -2.26. The fourth-order valence-electron chi connectivity index (χ4n) is 6.62. The number of rotatable bonds is 20. The molecule has 2 aliphatic heterocycles. The van der Waals surface area contributed by atoms with E-state index < -0.39 is 11.9 Å². The minimum Gasteiger partial charge on any atom is -0.494 e. The number of aromatic nitrogens is 6. The number of oxime groups is 2. The minimum absolute atomic E-state index is 0.365. The first-order valence-electron chi connectivity index (χ1n) is 20.8. The average molecular weight is 861 g/mol. The molecule has 2 aromatic heterocycles. The number of aryl methyl sites for hydroxylation is 2. The fourth-order valence-corrected chi connectivity index (χ4v) is 6.62. The highest BCUT2D eigenvalue weighted by molar-refractivity contribution is 5.89. The summed E-state index contributed by atoms with van der Waals surface area (Å²) in [6.07, 6.45) is 13.1. The maximum Gasteiger partial charge on any atom is 0.328 e. The van der Waals surface area contributed by atoms with Crippen LogP contribution in [0.2, 0.25) is 0 Å². The van der Waals surface area contributed by atoms with Crippen LogP contribution in [0.1, 0.15) is 74.1 Å². The number of aliphatic carboxylic acids is 2. The predicted molar refractivity (Wildman–Crippen MR) is 234 cm³/mol. The molecule has 0 saturated carbocycles. The van der Waals surface area contributed by atoms with E-state index in [1.165, 1.54) is 88.3 Å². The maximum atomic E-state index is 9.55. The number of likely N-dealkylation sites (tertiary alicyclic amines) is 2. The third-order valence-electron chi connectivity index (χ3n) is 9.53. The summed E-state index contributed by atoms with van der Waals surface area (Å²) in [5.74, 6) is 1.32. The number of carboxylic acid groups (broad SMARTS) is 2. The summed E-state index contributed by atoms with van der Waals surface area (Å²) in [7, 11) is 3.57. The molecule has 4 heterocycles. The van der Waals surface area contributed by atoms with Crippen LogP contribution in [0.3, 0.4) is 0 Å². The highest BCUT2D eigenvalue weighted by Gasteiger charge is 2.12. The highest BCUT2D eigenvalue weighted by Crippen LogP contribution is 2.19. The molecule has 0 radical (unpaired) electrons. The van der Waals surface area contributed by atoms with Crippen LogP contribution in [0.15, 0.2) is 71.0 Å². The van der Waals surface area contributed by atoms with E-state index in [4.69, 9.17) is 30.1 Å². The molecule has 336 valence electrons. The summed E-state index contributed by atoms with van der Waals surface area (Å²) in [4.78, 5) is 32.6. The van der Waals surface area contributed by atoms with Gasteiger partial charge >= 0.3 is 11.9 Å². The topological polar surface area (TPSA) is 250 Å². The van der Waals surface area contributed by atoms with Crippen molar-refractivity contribution in [3.63, 3.8) is 0 Å². The Morgan fingerprint density at radius 1 is 0.661 bits per heavy atom. The number of carbonyl (C=O) groups is 2. The third-order valence-corrected chi connectivity index (χ3v) is 9.53. The third kappa shape index (κ3) is 18.8. The number of nitrogens with zero attached hydrogens (tertiary/aromatic N) is 10. The Kier molecular flexibility index (Phi) is 21.2. The average Bonchev–Trinajstić information content (AvgIpc) is 3.80. The Labute approximate surface area is 361 Å². The van der Waals surface area contributed by atoms with E-state index in [1.807, 2.05) is 12.1 Å². The van der Waals surface area contributed by atoms with Crippen molar-refractivity contribution in [2.45, 2.75) is 64.5 Å². The minimum atomic E-state index is -1.26. The normalized spacial score (nSPS) is 14.5. The van der Waals surface area contributed by atoms with Crippen LogP contribution in [-0.4, -0.2) is 137 Å². The van der Waals surface area contributed by atoms with Gasteiger partial charge in [-0.25, -0.2) is 19.0 Å². The van der Waals surface area contributed by atoms with Crippen molar-refractivity contribution in [3.8, 4) is 11.5 Å². The summed E-state index contributed by atoms with van der Waals surface area (Å²) >= 11 is 0. The second kappa shape index (κ2) is 27.3. The molecular formula is C42H60N12O8. The lowest BCUT2D eigenvalue weighted by atomic mass is 10.1. The van der Waals surface area contributed by atoms with Crippen LogP contribution in [0.4, 0.5) is 11.9 Å². The van der Waals surface area contributed by atoms with Crippen LogP contribution in [-0.2, 0) is 36.8 Å². The van der Waals surface area contributed by atoms with Crippen molar-refractivity contribution in [2.75, 3.05) is 63.1 Å². The number of hydrogen-bond acceptors (Lipinski definition) is 16. The van der Waals surface area contributed by atoms with Crippen LogP contribution in [0.25, 0.3) is 0 Å². The molecular weight excluding hydrogens is 801 g/mol. The summed E-state index contributed by atoms with van der Waals surface area (Å²) < 4.78 is 15.0. The number of carboxylic acids is 2. The first-order valence-corrected chi connectivity index (χ1v) is 20.8. The summed E-state index contributed by atoms with van der Waals surface area (Å²) in [6.45, 7) is 9.50. The molecule has 20 heteroatoms. The molecule has 0 amide bonds. The van der Waals surface area contributed by atoms with Crippen molar-refractivity contribution in [1.29, 1.82) is 0 Å². The standard InChI is InChI=1S/2C19H28N6O2.C4H4O4/c2*1-24-19(22-18(23-24)14-21-26)20-9-6-12-27-17-8-5-7-16(13-17)15-25-10-3-2-4-11-25;5-3(6)1-2-4(7)8/h2*5,7-8,13-14,26H,2-4,6,9-12,15H2,1H3,(H,20,22,23);1-2H,(H,5,6)(H,7,8)/b;;2-1+. The predicted octanol–water partition coefficient (Wildman–Crippen LogP) is 4.69. The summed E-state index contributed by atoms with van der Waals surface area (Å²) in [6, 6.07) is 16.8. The molecule has 4 aromatic rings. The largest absolute Gasteiger partial charge is 0.494 e. The van der Waals surface area contributed by atoms with Crippen LogP contribution in [0.5, 0.6) is 11.5 Å².